The summed E-state index contributed by atoms with van der Waals surface area (Å²) in [4.78, 5) is 10.8. The number of para-hydroxylation sites is 1. The maximum absolute atomic E-state index is 10.8. The molecule has 1 aromatic carbocycles. The quantitative estimate of drug-likeness (QED) is 0.574. The van der Waals surface area contributed by atoms with E-state index in [0.717, 1.165) is 18.7 Å². The summed E-state index contributed by atoms with van der Waals surface area (Å²) >= 11 is 0. The van der Waals surface area contributed by atoms with Gasteiger partial charge in [-0.25, -0.2) is 0 Å². The number of nitrogens with one attached hydrogen (secondary N) is 1. The topological polar surface area (TPSA) is 38.3 Å². The van der Waals surface area contributed by atoms with Gasteiger partial charge in [-0.2, -0.15) is 0 Å². The van der Waals surface area contributed by atoms with Crippen LogP contribution < -0.4 is 5.32 Å². The Bertz CT molecular complexity index is 272. The number of rotatable bonds is 5. The molecule has 3 nitrogen and oxygen atoms in total. The Morgan fingerprint density at radius 3 is 2.71 bits per heavy atom. The van der Waals surface area contributed by atoms with E-state index in [9.17, 15) is 4.79 Å². The van der Waals surface area contributed by atoms with Crippen LogP contribution in [-0.4, -0.2) is 19.6 Å². The number of benzene rings is 1. The Hall–Kier alpha value is -1.51. The van der Waals surface area contributed by atoms with Gasteiger partial charge in [0.2, 0.25) is 0 Å². The average Bonchev–Trinajstić information content (AvgIpc) is 2.25. The van der Waals surface area contributed by atoms with Gasteiger partial charge in [0.05, 0.1) is 7.11 Å². The Morgan fingerprint density at radius 2 is 2.07 bits per heavy atom. The third kappa shape index (κ3) is 3.94. The summed E-state index contributed by atoms with van der Waals surface area (Å²) in [5.41, 5.74) is 1.08. The summed E-state index contributed by atoms with van der Waals surface area (Å²) in [7, 11) is 1.41. The standard InChI is InChI=1S/C11H15NO2/c1-14-11(13)8-5-9-12-10-6-3-2-4-7-10/h2-4,6-7,12H,5,8-9H2,1H3. The van der Waals surface area contributed by atoms with Gasteiger partial charge < -0.3 is 10.1 Å². The van der Waals surface area contributed by atoms with Gasteiger partial charge in [-0.1, -0.05) is 18.2 Å². The molecule has 0 saturated carbocycles. The first kappa shape index (κ1) is 10.6. The molecule has 0 fully saturated rings. The minimum Gasteiger partial charge on any atom is -0.469 e. The van der Waals surface area contributed by atoms with E-state index in [-0.39, 0.29) is 5.97 Å². The van der Waals surface area contributed by atoms with Crippen LogP contribution in [0.2, 0.25) is 0 Å². The predicted octanol–water partition coefficient (Wildman–Crippen LogP) is 2.05. The highest BCUT2D eigenvalue weighted by molar-refractivity contribution is 5.69. The second-order valence-electron chi connectivity index (χ2n) is 2.97. The van der Waals surface area contributed by atoms with Crippen LogP contribution in [0.15, 0.2) is 30.3 Å². The molecule has 0 spiro atoms. The molecule has 0 aliphatic heterocycles. The van der Waals surface area contributed by atoms with Crippen molar-refractivity contribution in [3.05, 3.63) is 30.3 Å². The number of carbonyl (C=O) groups excluding carboxylic acids is 1. The molecular formula is C11H15NO2. The van der Waals surface area contributed by atoms with E-state index in [1.54, 1.807) is 0 Å². The maximum Gasteiger partial charge on any atom is 0.305 e. The Morgan fingerprint density at radius 1 is 1.36 bits per heavy atom. The first-order chi connectivity index (χ1) is 6.83. The molecule has 0 aromatic heterocycles. The molecule has 76 valence electrons. The van der Waals surface area contributed by atoms with Gasteiger partial charge in [0, 0.05) is 18.7 Å². The molecule has 0 atom stereocenters. The van der Waals surface area contributed by atoms with Crippen molar-refractivity contribution in [3.8, 4) is 0 Å². The number of hydrogen-bond acceptors (Lipinski definition) is 3. The van der Waals surface area contributed by atoms with E-state index in [4.69, 9.17) is 0 Å². The zero-order valence-electron chi connectivity index (χ0n) is 8.32. The largest absolute Gasteiger partial charge is 0.469 e. The second kappa shape index (κ2) is 6.02. The van der Waals surface area contributed by atoms with Crippen molar-refractivity contribution in [2.45, 2.75) is 12.8 Å². The van der Waals surface area contributed by atoms with Gasteiger partial charge in [-0.15, -0.1) is 0 Å². The number of methoxy groups -OCH3 is 1. The van der Waals surface area contributed by atoms with E-state index in [0.29, 0.717) is 6.42 Å². The first-order valence-electron chi connectivity index (χ1n) is 4.68. The lowest BCUT2D eigenvalue weighted by Gasteiger charge is -2.04. The van der Waals surface area contributed by atoms with Gasteiger partial charge in [-0.05, 0) is 18.6 Å². The summed E-state index contributed by atoms with van der Waals surface area (Å²) < 4.78 is 4.54. The summed E-state index contributed by atoms with van der Waals surface area (Å²) in [6.07, 6.45) is 1.26. The molecule has 0 aliphatic carbocycles. The molecule has 14 heavy (non-hydrogen) atoms. The SMILES string of the molecule is COC(=O)CCCNc1ccccc1. The molecule has 0 unspecified atom stereocenters. The molecule has 1 aromatic rings. The Kier molecular flexibility index (Phi) is 4.55. The number of ether oxygens (including phenoxy) is 1. The second-order valence-corrected chi connectivity index (χ2v) is 2.97. The summed E-state index contributed by atoms with van der Waals surface area (Å²) in [6.45, 7) is 0.791. The lowest BCUT2D eigenvalue weighted by atomic mass is 10.3. The van der Waals surface area contributed by atoms with Crippen molar-refractivity contribution in [1.29, 1.82) is 0 Å². The van der Waals surface area contributed by atoms with Gasteiger partial charge >= 0.3 is 5.97 Å². The van der Waals surface area contributed by atoms with Crippen LogP contribution in [0.5, 0.6) is 0 Å². The van der Waals surface area contributed by atoms with Crippen molar-refractivity contribution >= 4 is 11.7 Å². The zero-order chi connectivity index (χ0) is 10.2. The molecule has 1 N–H and O–H groups in total. The molecule has 0 heterocycles. The van der Waals surface area contributed by atoms with Gasteiger partial charge in [0.1, 0.15) is 0 Å². The van der Waals surface area contributed by atoms with E-state index >= 15 is 0 Å². The van der Waals surface area contributed by atoms with Crippen molar-refractivity contribution < 1.29 is 9.53 Å². The van der Waals surface area contributed by atoms with Crippen LogP contribution in [0.3, 0.4) is 0 Å². The van der Waals surface area contributed by atoms with Crippen LogP contribution in [0, 0.1) is 0 Å². The lowest BCUT2D eigenvalue weighted by molar-refractivity contribution is -0.140. The lowest BCUT2D eigenvalue weighted by Crippen LogP contribution is -2.06. The molecule has 0 bridgehead atoms. The fraction of sp³-hybridized carbons (Fsp3) is 0.364. The normalized spacial score (nSPS) is 9.50. The van der Waals surface area contributed by atoms with E-state index in [1.165, 1.54) is 7.11 Å². The Labute approximate surface area is 84.1 Å². The van der Waals surface area contributed by atoms with Gasteiger partial charge in [0.15, 0.2) is 0 Å². The van der Waals surface area contributed by atoms with Crippen LogP contribution >= 0.6 is 0 Å². The number of anilines is 1. The number of carbonyl (C=O) groups is 1. The highest BCUT2D eigenvalue weighted by atomic mass is 16.5. The third-order valence-electron chi connectivity index (χ3n) is 1.89. The van der Waals surface area contributed by atoms with Crippen LogP contribution in [-0.2, 0) is 9.53 Å². The van der Waals surface area contributed by atoms with Crippen LogP contribution in [0.1, 0.15) is 12.8 Å². The van der Waals surface area contributed by atoms with E-state index in [2.05, 4.69) is 10.1 Å². The number of esters is 1. The maximum atomic E-state index is 10.8. The van der Waals surface area contributed by atoms with E-state index < -0.39 is 0 Å². The molecule has 0 radical (unpaired) electrons. The monoisotopic (exact) mass is 193 g/mol. The van der Waals surface area contributed by atoms with Crippen LogP contribution in [0.25, 0.3) is 0 Å². The molecular weight excluding hydrogens is 178 g/mol. The third-order valence-corrected chi connectivity index (χ3v) is 1.89. The number of hydrogen-bond donors (Lipinski definition) is 1. The smallest absolute Gasteiger partial charge is 0.305 e. The predicted molar refractivity (Wildman–Crippen MR) is 56.2 cm³/mol. The fourth-order valence-corrected chi connectivity index (χ4v) is 1.12. The minimum absolute atomic E-state index is 0.153. The molecule has 0 aliphatic rings. The van der Waals surface area contributed by atoms with Gasteiger partial charge in [-0.3, -0.25) is 4.79 Å². The minimum atomic E-state index is -0.153. The highest BCUT2D eigenvalue weighted by Gasteiger charge is 1.98. The van der Waals surface area contributed by atoms with Crippen molar-refractivity contribution in [2.24, 2.45) is 0 Å². The summed E-state index contributed by atoms with van der Waals surface area (Å²) in [6, 6.07) is 9.92. The molecule has 0 saturated heterocycles. The van der Waals surface area contributed by atoms with Crippen molar-refractivity contribution in [2.75, 3.05) is 19.0 Å². The van der Waals surface area contributed by atoms with Crippen molar-refractivity contribution in [3.63, 3.8) is 0 Å². The average molecular weight is 193 g/mol. The zero-order valence-corrected chi connectivity index (χ0v) is 8.32. The van der Waals surface area contributed by atoms with Crippen molar-refractivity contribution in [1.82, 2.24) is 0 Å². The fourth-order valence-electron chi connectivity index (χ4n) is 1.12. The summed E-state index contributed by atoms with van der Waals surface area (Å²) in [5.74, 6) is -0.153. The summed E-state index contributed by atoms with van der Waals surface area (Å²) in [5, 5.41) is 3.22. The first-order valence-corrected chi connectivity index (χ1v) is 4.68. The van der Waals surface area contributed by atoms with Gasteiger partial charge in [0.25, 0.3) is 0 Å². The molecule has 3 heteroatoms. The molecule has 0 amide bonds. The molecule has 1 rings (SSSR count). The van der Waals surface area contributed by atoms with E-state index in [1.807, 2.05) is 30.3 Å². The van der Waals surface area contributed by atoms with Crippen LogP contribution in [0.4, 0.5) is 5.69 Å². The highest BCUT2D eigenvalue weighted by Crippen LogP contribution is 2.04. The Balaban J connectivity index is 2.13.